The van der Waals surface area contributed by atoms with Gasteiger partial charge in [0.05, 0.1) is 15.7 Å². The van der Waals surface area contributed by atoms with E-state index in [1.807, 2.05) is 0 Å². The van der Waals surface area contributed by atoms with Crippen molar-refractivity contribution in [1.82, 2.24) is 4.48 Å². The Morgan fingerprint density at radius 1 is 1.00 bits per heavy atom. The minimum atomic E-state index is -4.70. The molecule has 0 unspecified atom stereocenters. The molecule has 0 atom stereocenters. The molecular weight excluding hydrogens is 505 g/mol. The Balaban J connectivity index is 2.09. The number of aromatic nitrogens is 1. The highest BCUT2D eigenvalue weighted by atomic mass is 79.9. The molecule has 1 aromatic heterocycles. The second-order valence-corrected chi connectivity index (χ2v) is 7.60. The Hall–Kier alpha value is -1.75. The Morgan fingerprint density at radius 2 is 1.70 bits per heavy atom. The highest BCUT2D eigenvalue weighted by Gasteiger charge is 2.54. The van der Waals surface area contributed by atoms with Crippen molar-refractivity contribution in [3.8, 4) is 0 Å². The van der Waals surface area contributed by atoms with Crippen LogP contribution in [0.5, 0.6) is 0 Å². The lowest BCUT2D eigenvalue weighted by atomic mass is 9.86. The highest BCUT2D eigenvalue weighted by molar-refractivity contribution is 9.18. The maximum Gasteiger partial charge on any atom is 0.738 e. The quantitative estimate of drug-likeness (QED) is 0.339. The van der Waals surface area contributed by atoms with Gasteiger partial charge in [-0.1, -0.05) is 0 Å². The molecule has 2 aliphatic heterocycles. The summed E-state index contributed by atoms with van der Waals surface area (Å²) < 4.78 is 85.4. The van der Waals surface area contributed by atoms with Crippen LogP contribution in [0.4, 0.5) is 26.2 Å². The molecule has 1 aromatic carbocycles. The molecule has 0 saturated carbocycles. The molecule has 11 heteroatoms. The first-order valence-corrected chi connectivity index (χ1v) is 9.13. The molecule has 27 heavy (non-hydrogen) atoms. The van der Waals surface area contributed by atoms with Gasteiger partial charge in [-0.05, 0) is 46.3 Å². The second kappa shape index (κ2) is 5.87. The summed E-state index contributed by atoms with van der Waals surface area (Å²) in [4.78, 5) is 0. The fourth-order valence-corrected chi connectivity index (χ4v) is 4.44. The zero-order chi connectivity index (χ0) is 19.7. The van der Waals surface area contributed by atoms with Crippen LogP contribution >= 0.6 is 31.9 Å². The van der Waals surface area contributed by atoms with E-state index in [9.17, 15) is 17.6 Å². The molecule has 0 spiro atoms. The van der Waals surface area contributed by atoms with Crippen LogP contribution in [-0.2, 0) is 6.18 Å². The maximum atomic E-state index is 15.1. The maximum absolute atomic E-state index is 15.1. The van der Waals surface area contributed by atoms with Crippen molar-refractivity contribution in [3.05, 3.63) is 75.4 Å². The third-order valence-electron chi connectivity index (χ3n) is 4.43. The van der Waals surface area contributed by atoms with Gasteiger partial charge in [0.15, 0.2) is 5.70 Å². The monoisotopic (exact) mass is 510 g/mol. The number of hydrogen-bond donors (Lipinski definition) is 0. The fraction of sp³-hybridized carbons (Fsp3) is 0.0625. The Bertz CT molecular complexity index is 1080. The number of fused-ring (bicyclic) bond motifs is 2. The van der Waals surface area contributed by atoms with Crippen molar-refractivity contribution in [3.63, 3.8) is 0 Å². The number of alkyl halides is 3. The number of hydrogen-bond acceptors (Lipinski definition) is 0. The second-order valence-electron chi connectivity index (χ2n) is 5.98. The minimum absolute atomic E-state index is 0.0265. The summed E-state index contributed by atoms with van der Waals surface area (Å²) in [5.41, 5.74) is -1.69. The van der Waals surface area contributed by atoms with Crippen molar-refractivity contribution in [2.45, 2.75) is 6.18 Å². The van der Waals surface area contributed by atoms with Gasteiger partial charge in [0.1, 0.15) is 5.82 Å². The Labute approximate surface area is 165 Å². The van der Waals surface area contributed by atoms with Crippen LogP contribution < -0.4 is 0 Å². The Morgan fingerprint density at radius 3 is 2.37 bits per heavy atom. The number of benzene rings is 1. The summed E-state index contributed by atoms with van der Waals surface area (Å²) in [7, 11) is 0. The first kappa shape index (κ1) is 18.6. The molecule has 140 valence electrons. The van der Waals surface area contributed by atoms with E-state index in [4.69, 9.17) is 0 Å². The van der Waals surface area contributed by atoms with Crippen molar-refractivity contribution >= 4 is 49.0 Å². The average Bonchev–Trinajstić information content (AvgIpc) is 3.13. The molecule has 0 aliphatic carbocycles. The molecular formula is C16H7BBr2F6N2. The van der Waals surface area contributed by atoms with Gasteiger partial charge >= 0.3 is 13.1 Å². The lowest BCUT2D eigenvalue weighted by molar-refractivity contribution is -0.358. The smallest absolute Gasteiger partial charge is 0.389 e. The summed E-state index contributed by atoms with van der Waals surface area (Å²) in [5, 5.41) is 0. The van der Waals surface area contributed by atoms with Crippen molar-refractivity contribution < 1.29 is 30.7 Å². The van der Waals surface area contributed by atoms with Crippen LogP contribution in [0.2, 0.25) is 0 Å². The van der Waals surface area contributed by atoms with Gasteiger partial charge in [0, 0.05) is 39.3 Å². The van der Waals surface area contributed by atoms with Crippen LogP contribution in [0.3, 0.4) is 0 Å². The minimum Gasteiger partial charge on any atom is -0.389 e. The van der Waals surface area contributed by atoms with Crippen LogP contribution in [0.1, 0.15) is 16.8 Å². The van der Waals surface area contributed by atoms with E-state index >= 15 is 8.63 Å². The van der Waals surface area contributed by atoms with Crippen molar-refractivity contribution in [2.75, 3.05) is 0 Å². The number of rotatable bonds is 1. The standard InChI is InChI=1S/C16H7BBr2F6N2/c18-13-5-3-11-15(9-7-8(16(21,22)23)1-2-10(9)20)12-4-6-14(19)27(12)17(24,25)26(11)13/h1-7H. The van der Waals surface area contributed by atoms with E-state index in [0.29, 0.717) is 27.2 Å². The molecule has 0 amide bonds. The van der Waals surface area contributed by atoms with Crippen LogP contribution in [0, 0.1) is 5.82 Å². The number of allylic oxidation sites excluding steroid dienone is 2. The topological polar surface area (TPSA) is 7.94 Å². The molecule has 2 aromatic rings. The SMILES string of the molecule is Fc1ccc(C(F)(F)F)cc1C1=C2C=CC(Br)=[N+]2[B-](F)(F)n2c(Br)ccc21. The summed E-state index contributed by atoms with van der Waals surface area (Å²) in [6.07, 6.45) is -2.03. The van der Waals surface area contributed by atoms with E-state index in [1.165, 1.54) is 24.3 Å². The van der Waals surface area contributed by atoms with E-state index in [-0.39, 0.29) is 26.2 Å². The summed E-state index contributed by atoms with van der Waals surface area (Å²) in [6, 6.07) is 4.60. The summed E-state index contributed by atoms with van der Waals surface area (Å²) in [5.74, 6) is -0.941. The molecule has 0 N–H and O–H groups in total. The van der Waals surface area contributed by atoms with Crippen LogP contribution in [-0.4, -0.2) is 20.6 Å². The zero-order valence-corrected chi connectivity index (χ0v) is 16.2. The van der Waals surface area contributed by atoms with E-state index in [0.717, 1.165) is 0 Å². The van der Waals surface area contributed by atoms with Gasteiger partial charge < -0.3 is 17.6 Å². The average molecular weight is 512 g/mol. The first-order chi connectivity index (χ1) is 12.5. The zero-order valence-electron chi connectivity index (χ0n) is 13.0. The van der Waals surface area contributed by atoms with Crippen LogP contribution in [0.25, 0.3) is 5.57 Å². The van der Waals surface area contributed by atoms with E-state index in [1.54, 1.807) is 0 Å². The van der Waals surface area contributed by atoms with Gasteiger partial charge in [-0.2, -0.15) is 13.2 Å². The summed E-state index contributed by atoms with van der Waals surface area (Å²) >= 11 is 6.08. The fourth-order valence-electron chi connectivity index (χ4n) is 3.30. The molecule has 3 heterocycles. The lowest BCUT2D eigenvalue weighted by Gasteiger charge is -2.32. The lowest BCUT2D eigenvalue weighted by Crippen LogP contribution is -2.50. The van der Waals surface area contributed by atoms with E-state index < -0.39 is 30.1 Å². The van der Waals surface area contributed by atoms with E-state index in [2.05, 4.69) is 31.9 Å². The normalized spacial score (nSPS) is 18.2. The molecule has 2 nitrogen and oxygen atoms in total. The van der Waals surface area contributed by atoms with Gasteiger partial charge in [-0.25, -0.2) is 4.39 Å². The predicted molar refractivity (Wildman–Crippen MR) is 96.3 cm³/mol. The van der Waals surface area contributed by atoms with Gasteiger partial charge in [0.25, 0.3) is 0 Å². The molecule has 0 fully saturated rings. The molecule has 0 bridgehead atoms. The largest absolute Gasteiger partial charge is 0.738 e. The van der Waals surface area contributed by atoms with Gasteiger partial charge in [-0.3, -0.25) is 0 Å². The van der Waals surface area contributed by atoms with Gasteiger partial charge in [-0.15, -0.1) is 0 Å². The van der Waals surface area contributed by atoms with Crippen LogP contribution in [0.15, 0.2) is 52.8 Å². The first-order valence-electron chi connectivity index (χ1n) is 7.54. The van der Waals surface area contributed by atoms with Gasteiger partial charge in [0.2, 0.25) is 4.62 Å². The number of halogens is 8. The Kier molecular flexibility index (Phi) is 4.05. The predicted octanol–water partition coefficient (Wildman–Crippen LogP) is 5.78. The third-order valence-corrected chi connectivity index (χ3v) is 5.73. The molecule has 2 aliphatic rings. The molecule has 4 rings (SSSR count). The summed E-state index contributed by atoms with van der Waals surface area (Å²) in [6.45, 7) is -4.34. The molecule has 0 saturated heterocycles. The van der Waals surface area contributed by atoms with Crippen molar-refractivity contribution in [2.24, 2.45) is 0 Å². The molecule has 0 radical (unpaired) electrons. The highest BCUT2D eigenvalue weighted by Crippen LogP contribution is 2.43. The van der Waals surface area contributed by atoms with Crippen molar-refractivity contribution in [1.29, 1.82) is 0 Å². The third kappa shape index (κ3) is 2.66. The number of nitrogens with zero attached hydrogens (tertiary/aromatic N) is 2.